The Hall–Kier alpha value is -3.53. The number of fused-ring (bicyclic) bond motifs is 2. The minimum Gasteiger partial charge on any atom is -0.486 e. The van der Waals surface area contributed by atoms with Gasteiger partial charge in [0.1, 0.15) is 25.5 Å². The third kappa shape index (κ3) is 5.33. The molecule has 1 N–H and O–H groups in total. The number of carbonyl (C=O) groups is 2. The fourth-order valence-corrected chi connectivity index (χ4v) is 5.93. The Morgan fingerprint density at radius 1 is 1.00 bits per heavy atom. The van der Waals surface area contributed by atoms with E-state index in [2.05, 4.69) is 5.32 Å². The molecule has 0 radical (unpaired) electrons. The molecule has 1 aromatic heterocycles. The summed E-state index contributed by atoms with van der Waals surface area (Å²) < 4.78 is 39.3. The Bertz CT molecular complexity index is 1390. The van der Waals surface area contributed by atoms with Gasteiger partial charge in [-0.05, 0) is 45.9 Å². The summed E-state index contributed by atoms with van der Waals surface area (Å²) in [5.41, 5.74) is 1.03. The molecular weight excluding hydrogens is 482 g/mol. The number of nitrogens with one attached hydrogen (secondary N) is 1. The highest BCUT2D eigenvalue weighted by molar-refractivity contribution is 7.92. The van der Waals surface area contributed by atoms with Crippen LogP contribution in [-0.2, 0) is 26.0 Å². The zero-order valence-corrected chi connectivity index (χ0v) is 21.7. The van der Waals surface area contributed by atoms with Crippen LogP contribution in [-0.4, -0.2) is 60.7 Å². The van der Waals surface area contributed by atoms with Gasteiger partial charge in [-0.15, -0.1) is 0 Å². The molecular formula is C26H31N3O6S. The van der Waals surface area contributed by atoms with Crippen molar-refractivity contribution in [2.45, 2.75) is 51.2 Å². The van der Waals surface area contributed by atoms with E-state index in [1.807, 2.05) is 27.7 Å². The Balaban J connectivity index is 1.57. The van der Waals surface area contributed by atoms with Crippen LogP contribution >= 0.6 is 0 Å². The van der Waals surface area contributed by atoms with Crippen molar-refractivity contribution in [2.24, 2.45) is 0 Å². The lowest BCUT2D eigenvalue weighted by Gasteiger charge is -2.31. The number of nitrogens with zero attached hydrogens (tertiary/aromatic N) is 2. The van der Waals surface area contributed by atoms with Gasteiger partial charge in [-0.2, -0.15) is 0 Å². The topological polar surface area (TPSA) is 107 Å². The van der Waals surface area contributed by atoms with Gasteiger partial charge in [0.05, 0.1) is 4.90 Å². The van der Waals surface area contributed by atoms with E-state index in [4.69, 9.17) is 9.47 Å². The highest BCUT2D eigenvalue weighted by atomic mass is 32.2. The average molecular weight is 514 g/mol. The van der Waals surface area contributed by atoms with Crippen molar-refractivity contribution in [2.75, 3.05) is 24.3 Å². The predicted molar refractivity (Wildman–Crippen MR) is 137 cm³/mol. The first kappa shape index (κ1) is 25.6. The molecule has 0 bridgehead atoms. The summed E-state index contributed by atoms with van der Waals surface area (Å²) in [5.74, 6) is -0.464. The van der Waals surface area contributed by atoms with Crippen LogP contribution in [0.2, 0.25) is 0 Å². The second-order valence-corrected chi connectivity index (χ2v) is 11.3. The highest BCUT2D eigenvalue weighted by Gasteiger charge is 2.27. The van der Waals surface area contributed by atoms with E-state index < -0.39 is 21.5 Å². The van der Waals surface area contributed by atoms with E-state index in [0.29, 0.717) is 41.3 Å². The Morgan fingerprint density at radius 2 is 1.67 bits per heavy atom. The van der Waals surface area contributed by atoms with E-state index >= 15 is 0 Å². The number of ether oxygens (including phenoxy) is 2. The van der Waals surface area contributed by atoms with Gasteiger partial charge in [0, 0.05) is 40.9 Å². The number of carbonyl (C=O) groups excluding carboxylic acids is 2. The molecule has 0 atom stereocenters. The number of hydrogen-bond acceptors (Lipinski definition) is 6. The molecule has 9 nitrogen and oxygen atoms in total. The molecule has 0 saturated carbocycles. The monoisotopic (exact) mass is 513 g/mol. The number of anilines is 1. The molecule has 1 aliphatic heterocycles. The SMILES string of the molecule is CC(C)N(C(=O)Cn1cc(S(=O)(=O)CC(=O)Nc2ccc3c(c2)OCCO3)c2ccccc21)C(C)C. The first-order valence-corrected chi connectivity index (χ1v) is 13.5. The molecule has 2 heterocycles. The lowest BCUT2D eigenvalue weighted by Crippen LogP contribution is -2.43. The summed E-state index contributed by atoms with van der Waals surface area (Å²) >= 11 is 0. The molecule has 0 saturated heterocycles. The van der Waals surface area contributed by atoms with Gasteiger partial charge in [0.15, 0.2) is 21.3 Å². The summed E-state index contributed by atoms with van der Waals surface area (Å²) in [6.07, 6.45) is 1.45. The van der Waals surface area contributed by atoms with Crippen molar-refractivity contribution in [1.29, 1.82) is 0 Å². The van der Waals surface area contributed by atoms with E-state index in [1.54, 1.807) is 51.9 Å². The normalized spacial score (nSPS) is 13.3. The summed E-state index contributed by atoms with van der Waals surface area (Å²) in [6.45, 7) is 8.63. The molecule has 192 valence electrons. The van der Waals surface area contributed by atoms with Crippen molar-refractivity contribution >= 4 is 38.2 Å². The van der Waals surface area contributed by atoms with Gasteiger partial charge in [0.2, 0.25) is 11.8 Å². The minimum atomic E-state index is -4.01. The third-order valence-corrected chi connectivity index (χ3v) is 7.58. The number of rotatable bonds is 8. The van der Waals surface area contributed by atoms with Crippen LogP contribution in [0.3, 0.4) is 0 Å². The van der Waals surface area contributed by atoms with E-state index in [1.165, 1.54) is 6.20 Å². The molecule has 1 aliphatic rings. The van der Waals surface area contributed by atoms with Gasteiger partial charge in [-0.25, -0.2) is 8.42 Å². The maximum atomic E-state index is 13.3. The lowest BCUT2D eigenvalue weighted by atomic mass is 10.2. The highest BCUT2D eigenvalue weighted by Crippen LogP contribution is 2.33. The van der Waals surface area contributed by atoms with Crippen LogP contribution in [0.4, 0.5) is 5.69 Å². The van der Waals surface area contributed by atoms with Crippen LogP contribution in [0.1, 0.15) is 27.7 Å². The summed E-state index contributed by atoms with van der Waals surface area (Å²) in [6, 6.07) is 11.9. The quantitative estimate of drug-likeness (QED) is 0.494. The third-order valence-electron chi connectivity index (χ3n) is 5.94. The van der Waals surface area contributed by atoms with Crippen molar-refractivity contribution in [3.05, 3.63) is 48.7 Å². The van der Waals surface area contributed by atoms with Crippen LogP contribution in [0.5, 0.6) is 11.5 Å². The molecule has 2 amide bonds. The summed E-state index contributed by atoms with van der Waals surface area (Å²) in [5, 5.41) is 3.09. The van der Waals surface area contributed by atoms with Crippen molar-refractivity contribution in [1.82, 2.24) is 9.47 Å². The smallest absolute Gasteiger partial charge is 0.242 e. The van der Waals surface area contributed by atoms with Crippen molar-refractivity contribution < 1.29 is 27.5 Å². The summed E-state index contributed by atoms with van der Waals surface area (Å²) in [4.78, 5) is 27.5. The van der Waals surface area contributed by atoms with Gasteiger partial charge < -0.3 is 24.3 Å². The number of amides is 2. The van der Waals surface area contributed by atoms with Gasteiger partial charge in [-0.3, -0.25) is 9.59 Å². The first-order chi connectivity index (χ1) is 17.1. The maximum absolute atomic E-state index is 13.3. The number of benzene rings is 2. The number of para-hydroxylation sites is 1. The molecule has 36 heavy (non-hydrogen) atoms. The number of sulfone groups is 1. The predicted octanol–water partition coefficient (Wildman–Crippen LogP) is 3.47. The van der Waals surface area contributed by atoms with Crippen LogP contribution in [0.25, 0.3) is 10.9 Å². The zero-order valence-electron chi connectivity index (χ0n) is 20.9. The largest absolute Gasteiger partial charge is 0.486 e. The first-order valence-electron chi connectivity index (χ1n) is 11.9. The molecule has 0 unspecified atom stereocenters. The standard InChI is InChI=1S/C26H31N3O6S/c1-17(2)29(18(3)4)26(31)15-28-14-24(20-7-5-6-8-21(20)28)36(32,33)16-25(30)27-19-9-10-22-23(13-19)35-12-11-34-22/h5-10,13-14,17-18H,11-12,15-16H2,1-4H3,(H,27,30). The zero-order chi connectivity index (χ0) is 26.0. The maximum Gasteiger partial charge on any atom is 0.242 e. The van der Waals surface area contributed by atoms with Crippen LogP contribution in [0.15, 0.2) is 53.6 Å². The lowest BCUT2D eigenvalue weighted by molar-refractivity contribution is -0.135. The average Bonchev–Trinajstić information content (AvgIpc) is 3.17. The fraction of sp³-hybridized carbons (Fsp3) is 0.385. The van der Waals surface area contributed by atoms with Gasteiger partial charge in [-0.1, -0.05) is 18.2 Å². The minimum absolute atomic E-state index is 0.00418. The van der Waals surface area contributed by atoms with E-state index in [0.717, 1.165) is 0 Å². The van der Waals surface area contributed by atoms with E-state index in [-0.39, 0.29) is 29.4 Å². The number of hydrogen-bond donors (Lipinski definition) is 1. The molecule has 2 aromatic carbocycles. The Labute approximate surface area is 210 Å². The molecule has 0 spiro atoms. The van der Waals surface area contributed by atoms with E-state index in [9.17, 15) is 18.0 Å². The van der Waals surface area contributed by atoms with Gasteiger partial charge in [0.25, 0.3) is 0 Å². The second kappa shape index (κ2) is 10.2. The van der Waals surface area contributed by atoms with Crippen molar-refractivity contribution in [3.8, 4) is 11.5 Å². The Morgan fingerprint density at radius 3 is 2.36 bits per heavy atom. The molecule has 0 fully saturated rings. The van der Waals surface area contributed by atoms with Crippen LogP contribution < -0.4 is 14.8 Å². The van der Waals surface area contributed by atoms with Crippen LogP contribution in [0, 0.1) is 0 Å². The molecule has 0 aliphatic carbocycles. The molecule has 10 heteroatoms. The van der Waals surface area contributed by atoms with Gasteiger partial charge >= 0.3 is 0 Å². The Kier molecular flexibility index (Phi) is 7.26. The summed E-state index contributed by atoms with van der Waals surface area (Å²) in [7, 11) is -4.01. The second-order valence-electron chi connectivity index (χ2n) is 9.29. The molecule has 3 aromatic rings. The number of aromatic nitrogens is 1. The fourth-order valence-electron chi connectivity index (χ4n) is 4.56. The molecule has 4 rings (SSSR count). The van der Waals surface area contributed by atoms with Crippen molar-refractivity contribution in [3.63, 3.8) is 0 Å².